The van der Waals surface area contributed by atoms with E-state index in [1.54, 1.807) is 6.20 Å². The Morgan fingerprint density at radius 2 is 2.19 bits per heavy atom. The van der Waals surface area contributed by atoms with Crippen molar-refractivity contribution in [3.63, 3.8) is 0 Å². The molecule has 0 saturated carbocycles. The van der Waals surface area contributed by atoms with Gasteiger partial charge in [0.1, 0.15) is 0 Å². The molecule has 5 nitrogen and oxygen atoms in total. The maximum atomic E-state index is 11.6. The molecule has 0 radical (unpaired) electrons. The second-order valence-corrected chi connectivity index (χ2v) is 3.16. The highest BCUT2D eigenvalue weighted by Gasteiger charge is 2.28. The van der Waals surface area contributed by atoms with Gasteiger partial charge in [-0.25, -0.2) is 4.68 Å². The Hall–Kier alpha value is -1.15. The van der Waals surface area contributed by atoms with Gasteiger partial charge in [-0.2, -0.15) is 0 Å². The van der Waals surface area contributed by atoms with E-state index in [0.29, 0.717) is 13.0 Å². The van der Waals surface area contributed by atoms with Crippen molar-refractivity contribution in [1.82, 2.24) is 15.0 Å². The van der Waals surface area contributed by atoms with Gasteiger partial charge in [-0.15, -0.1) is 18.3 Å². The number of ether oxygens (including phenoxy) is 1. The molecule has 2 N–H and O–H groups in total. The van der Waals surface area contributed by atoms with E-state index >= 15 is 0 Å². The van der Waals surface area contributed by atoms with E-state index in [-0.39, 0.29) is 6.54 Å². The number of alkyl halides is 3. The summed E-state index contributed by atoms with van der Waals surface area (Å²) in [6.45, 7) is 0.0996. The number of rotatable bonds is 6. The number of aryl methyl sites for hydroxylation is 1. The van der Waals surface area contributed by atoms with Crippen molar-refractivity contribution in [3.05, 3.63) is 11.9 Å². The van der Waals surface area contributed by atoms with Crippen molar-refractivity contribution < 1.29 is 17.9 Å². The molecular formula is C8H13F3N4O. The predicted octanol–water partition coefficient (Wildman–Crippen LogP) is 0.706. The highest BCUT2D eigenvalue weighted by atomic mass is 19.4. The van der Waals surface area contributed by atoms with Gasteiger partial charge in [0.05, 0.1) is 18.8 Å². The molecule has 0 aliphatic heterocycles. The molecule has 0 bridgehead atoms. The first-order valence-electron chi connectivity index (χ1n) is 4.81. The normalized spacial score (nSPS) is 12.0. The largest absolute Gasteiger partial charge is 0.522 e. The van der Waals surface area contributed by atoms with Crippen molar-refractivity contribution in [3.8, 4) is 0 Å². The molecule has 0 spiro atoms. The lowest BCUT2D eigenvalue weighted by atomic mass is 10.2. The maximum Gasteiger partial charge on any atom is 0.522 e. The van der Waals surface area contributed by atoms with Crippen LogP contribution in [0.1, 0.15) is 12.1 Å². The molecule has 92 valence electrons. The van der Waals surface area contributed by atoms with Crippen LogP contribution in [0.15, 0.2) is 6.20 Å². The zero-order chi connectivity index (χ0) is 12.0. The number of nitrogens with zero attached hydrogens (tertiary/aromatic N) is 3. The molecule has 0 amide bonds. The lowest BCUT2D eigenvalue weighted by Crippen LogP contribution is -2.17. The molecule has 1 heterocycles. The Balaban J connectivity index is 2.29. The lowest BCUT2D eigenvalue weighted by Gasteiger charge is -2.06. The summed E-state index contributed by atoms with van der Waals surface area (Å²) in [7, 11) is 0. The van der Waals surface area contributed by atoms with Gasteiger partial charge in [0.15, 0.2) is 0 Å². The van der Waals surface area contributed by atoms with Crippen molar-refractivity contribution in [2.45, 2.75) is 25.7 Å². The summed E-state index contributed by atoms with van der Waals surface area (Å²) in [4.78, 5) is 0. The molecule has 1 aromatic heterocycles. The SMILES string of the molecule is NCCCc1cn(CCOC(F)(F)F)nn1. The molecule has 0 aliphatic carbocycles. The van der Waals surface area contributed by atoms with Crippen molar-refractivity contribution >= 4 is 0 Å². The Morgan fingerprint density at radius 3 is 2.81 bits per heavy atom. The summed E-state index contributed by atoms with van der Waals surface area (Å²) < 4.78 is 39.9. The van der Waals surface area contributed by atoms with Crippen LogP contribution in [0.4, 0.5) is 13.2 Å². The molecule has 16 heavy (non-hydrogen) atoms. The van der Waals surface area contributed by atoms with Gasteiger partial charge in [0.25, 0.3) is 0 Å². The van der Waals surface area contributed by atoms with Gasteiger partial charge in [0, 0.05) is 6.20 Å². The molecule has 0 fully saturated rings. The smallest absolute Gasteiger partial charge is 0.330 e. The third-order valence-corrected chi connectivity index (χ3v) is 1.81. The monoisotopic (exact) mass is 238 g/mol. The zero-order valence-corrected chi connectivity index (χ0v) is 8.57. The fourth-order valence-electron chi connectivity index (χ4n) is 1.10. The van der Waals surface area contributed by atoms with Gasteiger partial charge in [-0.05, 0) is 19.4 Å². The Labute approximate surface area is 90.4 Å². The van der Waals surface area contributed by atoms with Crippen molar-refractivity contribution in [2.24, 2.45) is 5.73 Å². The molecule has 0 aromatic carbocycles. The maximum absolute atomic E-state index is 11.6. The Morgan fingerprint density at radius 1 is 1.44 bits per heavy atom. The summed E-state index contributed by atoms with van der Waals surface area (Å²) in [5.74, 6) is 0. The first kappa shape index (κ1) is 12.9. The molecule has 0 unspecified atom stereocenters. The minimum absolute atomic E-state index is 0.0230. The molecule has 0 aliphatic rings. The average molecular weight is 238 g/mol. The van der Waals surface area contributed by atoms with E-state index in [1.807, 2.05) is 0 Å². The molecule has 1 rings (SSSR count). The average Bonchev–Trinajstić information content (AvgIpc) is 2.61. The van der Waals surface area contributed by atoms with Gasteiger partial charge in [0.2, 0.25) is 0 Å². The number of halogens is 3. The van der Waals surface area contributed by atoms with Gasteiger partial charge < -0.3 is 5.73 Å². The fraction of sp³-hybridized carbons (Fsp3) is 0.750. The van der Waals surface area contributed by atoms with Crippen LogP contribution in [0, 0.1) is 0 Å². The highest BCUT2D eigenvalue weighted by molar-refractivity contribution is 4.92. The summed E-state index contributed by atoms with van der Waals surface area (Å²) in [5, 5.41) is 7.46. The summed E-state index contributed by atoms with van der Waals surface area (Å²) in [6, 6.07) is 0. The van der Waals surface area contributed by atoms with Crippen LogP contribution < -0.4 is 5.73 Å². The standard InChI is InChI=1S/C8H13F3N4O/c9-8(10,11)16-5-4-15-6-7(13-14-15)2-1-3-12/h6H,1-5,12H2. The van der Waals surface area contributed by atoms with Crippen LogP contribution in [0.2, 0.25) is 0 Å². The van der Waals surface area contributed by atoms with E-state index in [4.69, 9.17) is 5.73 Å². The number of aromatic nitrogens is 3. The first-order valence-corrected chi connectivity index (χ1v) is 4.81. The van der Waals surface area contributed by atoms with Gasteiger partial charge in [-0.3, -0.25) is 4.74 Å². The second-order valence-electron chi connectivity index (χ2n) is 3.16. The van der Waals surface area contributed by atoms with E-state index in [2.05, 4.69) is 15.0 Å². The van der Waals surface area contributed by atoms with E-state index in [1.165, 1.54) is 4.68 Å². The summed E-state index contributed by atoms with van der Waals surface area (Å²) >= 11 is 0. The van der Waals surface area contributed by atoms with Crippen LogP contribution in [-0.4, -0.2) is 34.5 Å². The van der Waals surface area contributed by atoms with Crippen LogP contribution in [0.3, 0.4) is 0 Å². The third kappa shape index (κ3) is 5.08. The molecule has 8 heteroatoms. The van der Waals surface area contributed by atoms with E-state index in [0.717, 1.165) is 12.1 Å². The van der Waals surface area contributed by atoms with Crippen LogP contribution in [0.5, 0.6) is 0 Å². The number of hydrogen-bond acceptors (Lipinski definition) is 4. The quantitative estimate of drug-likeness (QED) is 0.792. The summed E-state index contributed by atoms with van der Waals surface area (Å²) in [6.07, 6.45) is -1.55. The van der Waals surface area contributed by atoms with Gasteiger partial charge >= 0.3 is 6.36 Å². The highest BCUT2D eigenvalue weighted by Crippen LogP contribution is 2.15. The topological polar surface area (TPSA) is 66.0 Å². The molecule has 0 saturated heterocycles. The Kier molecular flexibility index (Phi) is 4.69. The van der Waals surface area contributed by atoms with Crippen molar-refractivity contribution in [1.29, 1.82) is 0 Å². The summed E-state index contributed by atoms with van der Waals surface area (Å²) in [5.41, 5.74) is 6.03. The van der Waals surface area contributed by atoms with Crippen LogP contribution in [0.25, 0.3) is 0 Å². The molecule has 1 aromatic rings. The van der Waals surface area contributed by atoms with Crippen LogP contribution in [-0.2, 0) is 17.7 Å². The lowest BCUT2D eigenvalue weighted by molar-refractivity contribution is -0.325. The molecule has 0 atom stereocenters. The fourth-order valence-corrected chi connectivity index (χ4v) is 1.10. The molecular weight excluding hydrogens is 225 g/mol. The van der Waals surface area contributed by atoms with E-state index in [9.17, 15) is 13.2 Å². The second kappa shape index (κ2) is 5.80. The number of nitrogens with two attached hydrogens (primary N) is 1. The predicted molar refractivity (Wildman–Crippen MR) is 49.4 cm³/mol. The van der Waals surface area contributed by atoms with E-state index < -0.39 is 13.0 Å². The van der Waals surface area contributed by atoms with Crippen LogP contribution >= 0.6 is 0 Å². The van der Waals surface area contributed by atoms with Crippen molar-refractivity contribution in [2.75, 3.05) is 13.2 Å². The number of hydrogen-bond donors (Lipinski definition) is 1. The third-order valence-electron chi connectivity index (χ3n) is 1.81. The minimum atomic E-state index is -4.59. The minimum Gasteiger partial charge on any atom is -0.330 e. The zero-order valence-electron chi connectivity index (χ0n) is 8.57. The van der Waals surface area contributed by atoms with Gasteiger partial charge in [-0.1, -0.05) is 5.21 Å². The Bertz CT molecular complexity index is 312. The first-order chi connectivity index (χ1) is 7.51.